The number of esters is 1. The van der Waals surface area contributed by atoms with E-state index in [2.05, 4.69) is 0 Å². The van der Waals surface area contributed by atoms with Gasteiger partial charge in [0.2, 0.25) is 6.23 Å². The van der Waals surface area contributed by atoms with Crippen molar-refractivity contribution in [1.82, 2.24) is 4.90 Å². The highest BCUT2D eigenvalue weighted by molar-refractivity contribution is 5.91. The number of carbonyl (C=O) groups excluding carboxylic acids is 2. The van der Waals surface area contributed by atoms with Gasteiger partial charge in [-0.15, -0.1) is 0 Å². The highest BCUT2D eigenvalue weighted by Crippen LogP contribution is 2.45. The van der Waals surface area contributed by atoms with Gasteiger partial charge in [-0.3, -0.25) is 0 Å². The molecule has 0 unspecified atom stereocenters. The lowest BCUT2D eigenvalue weighted by Gasteiger charge is -2.35. The van der Waals surface area contributed by atoms with E-state index in [9.17, 15) is 40.3 Å². The van der Waals surface area contributed by atoms with Crippen LogP contribution in [0.1, 0.15) is 34.0 Å². The fraction of sp³-hybridized carbons (Fsp3) is 0.212. The number of hydrogen-bond acceptors (Lipinski definition) is 5. The van der Waals surface area contributed by atoms with Crippen molar-refractivity contribution in [2.75, 3.05) is 13.2 Å². The van der Waals surface area contributed by atoms with E-state index in [-0.39, 0.29) is 22.9 Å². The Balaban J connectivity index is 1.50. The van der Waals surface area contributed by atoms with Crippen LogP contribution < -0.4 is 4.74 Å². The van der Waals surface area contributed by atoms with E-state index in [1.54, 1.807) is 48.5 Å². The first-order chi connectivity index (χ1) is 21.8. The van der Waals surface area contributed by atoms with Gasteiger partial charge in [-0.1, -0.05) is 60.7 Å². The average molecular weight is 648 g/mol. The van der Waals surface area contributed by atoms with Gasteiger partial charge in [0.25, 0.3) is 0 Å². The number of cyclic esters (lactones) is 1. The van der Waals surface area contributed by atoms with Gasteiger partial charge in [-0.2, -0.15) is 26.3 Å². The smallest absolute Gasteiger partial charge is 0.419 e. The molecule has 1 amide bonds. The molecule has 1 aliphatic heterocycles. The number of alkyl halides is 6. The summed E-state index contributed by atoms with van der Waals surface area (Å²) in [5.41, 5.74) is -4.98. The number of para-hydroxylation sites is 1. The first-order valence-corrected chi connectivity index (χ1v) is 13.7. The van der Waals surface area contributed by atoms with Crippen LogP contribution in [0.2, 0.25) is 0 Å². The summed E-state index contributed by atoms with van der Waals surface area (Å²) in [5.74, 6) is -1.52. The number of halogens is 7. The number of hydrogen-bond donors (Lipinski definition) is 0. The van der Waals surface area contributed by atoms with Crippen molar-refractivity contribution in [3.8, 4) is 5.75 Å². The number of nitrogens with zero attached hydrogens (tertiary/aromatic N) is 1. The molecule has 0 radical (unpaired) electrons. The first-order valence-electron chi connectivity index (χ1n) is 13.7. The molecule has 1 aliphatic rings. The molecule has 1 heterocycles. The van der Waals surface area contributed by atoms with Gasteiger partial charge >= 0.3 is 24.4 Å². The molecule has 1 fully saturated rings. The number of amides is 1. The number of carbonyl (C=O) groups is 2. The first kappa shape index (κ1) is 32.5. The summed E-state index contributed by atoms with van der Waals surface area (Å²) in [6, 6.07) is 21.8. The molecular weight excluding hydrogens is 623 g/mol. The highest BCUT2D eigenvalue weighted by atomic mass is 19.4. The quantitative estimate of drug-likeness (QED) is 0.110. The summed E-state index contributed by atoms with van der Waals surface area (Å²) in [5, 5.41) is 0. The normalized spacial score (nSPS) is 18.4. The molecule has 240 valence electrons. The van der Waals surface area contributed by atoms with Crippen molar-refractivity contribution >= 4 is 12.1 Å². The Kier molecular flexibility index (Phi) is 9.06. The molecule has 0 bridgehead atoms. The lowest BCUT2D eigenvalue weighted by molar-refractivity contribution is -0.148. The van der Waals surface area contributed by atoms with Crippen molar-refractivity contribution < 1.29 is 54.5 Å². The lowest BCUT2D eigenvalue weighted by atomic mass is 9.89. The van der Waals surface area contributed by atoms with Crippen molar-refractivity contribution in [1.29, 1.82) is 0 Å². The van der Waals surface area contributed by atoms with Gasteiger partial charge in [0.05, 0.1) is 24.3 Å². The second-order valence-corrected chi connectivity index (χ2v) is 10.3. The summed E-state index contributed by atoms with van der Waals surface area (Å²) in [7, 11) is 0. The van der Waals surface area contributed by atoms with E-state index in [0.717, 1.165) is 17.0 Å². The van der Waals surface area contributed by atoms with Gasteiger partial charge in [-0.05, 0) is 60.0 Å². The van der Waals surface area contributed by atoms with Crippen molar-refractivity contribution in [2.45, 2.75) is 30.5 Å². The fourth-order valence-corrected chi connectivity index (χ4v) is 5.04. The largest absolute Gasteiger partial charge is 0.435 e. The van der Waals surface area contributed by atoms with Gasteiger partial charge in [0.1, 0.15) is 11.6 Å². The van der Waals surface area contributed by atoms with Gasteiger partial charge in [0, 0.05) is 5.56 Å². The Morgan fingerprint density at radius 1 is 0.804 bits per heavy atom. The van der Waals surface area contributed by atoms with E-state index in [1.807, 2.05) is 0 Å². The molecule has 4 aromatic carbocycles. The molecule has 0 spiro atoms. The van der Waals surface area contributed by atoms with E-state index in [1.165, 1.54) is 24.3 Å². The summed E-state index contributed by atoms with van der Waals surface area (Å²) < 4.78 is 111. The molecule has 5 rings (SSSR count). The summed E-state index contributed by atoms with van der Waals surface area (Å²) in [6.45, 7) is -1.14. The standard InChI is InChI=1S/C33H24F7NO5/c34-26-13-11-23(12-14-26)31(20-44-16-15-21-17-24(32(35,36)37)19-25(18-21)33(38,39)40)29(42)46-28(22-7-3-1-4-8-22)41(31)30(43)45-27-9-5-2-6-10-27/h1-14,17-19,28H,15-16,20H2/t28-,31+/m1/s1. The molecule has 6 nitrogen and oxygen atoms in total. The summed E-state index contributed by atoms with van der Waals surface area (Å²) in [6.07, 6.45) is -12.9. The van der Waals surface area contributed by atoms with Crippen LogP contribution in [0.15, 0.2) is 103 Å². The lowest BCUT2D eigenvalue weighted by Crippen LogP contribution is -2.53. The van der Waals surface area contributed by atoms with E-state index < -0.39 is 72.8 Å². The van der Waals surface area contributed by atoms with Crippen LogP contribution in [0.5, 0.6) is 5.75 Å². The third-order valence-electron chi connectivity index (χ3n) is 7.25. The number of rotatable bonds is 8. The third kappa shape index (κ3) is 6.84. The second-order valence-electron chi connectivity index (χ2n) is 10.3. The molecule has 46 heavy (non-hydrogen) atoms. The van der Waals surface area contributed by atoms with Gasteiger partial charge < -0.3 is 14.2 Å². The van der Waals surface area contributed by atoms with Crippen LogP contribution in [0, 0.1) is 5.82 Å². The third-order valence-corrected chi connectivity index (χ3v) is 7.25. The van der Waals surface area contributed by atoms with Crippen molar-refractivity contribution in [3.63, 3.8) is 0 Å². The van der Waals surface area contributed by atoms with E-state index in [4.69, 9.17) is 14.2 Å². The predicted molar refractivity (Wildman–Crippen MR) is 149 cm³/mol. The fourth-order valence-electron chi connectivity index (χ4n) is 5.04. The SMILES string of the molecule is O=C(Oc1ccccc1)N1[C@@H](c2ccccc2)OC(=O)[C@]1(COCCc1cc(C(F)(F)F)cc(C(F)(F)F)c1)c1ccc(F)cc1. The monoisotopic (exact) mass is 647 g/mol. The molecular formula is C33H24F7NO5. The minimum atomic E-state index is -5.04. The molecule has 0 N–H and O–H groups in total. The van der Waals surface area contributed by atoms with Crippen LogP contribution in [0.25, 0.3) is 0 Å². The zero-order valence-corrected chi connectivity index (χ0v) is 23.6. The Labute approximate surface area is 257 Å². The van der Waals surface area contributed by atoms with Gasteiger partial charge in [0.15, 0.2) is 5.54 Å². The average Bonchev–Trinajstić information content (AvgIpc) is 3.32. The molecule has 0 saturated carbocycles. The predicted octanol–water partition coefficient (Wildman–Crippen LogP) is 8.07. The maximum atomic E-state index is 14.0. The Morgan fingerprint density at radius 3 is 1.93 bits per heavy atom. The molecule has 0 aromatic heterocycles. The topological polar surface area (TPSA) is 65.1 Å². The number of ether oxygens (including phenoxy) is 3. The van der Waals surface area contributed by atoms with Gasteiger partial charge in [-0.25, -0.2) is 18.9 Å². The minimum Gasteiger partial charge on any atom is -0.435 e. The van der Waals surface area contributed by atoms with E-state index in [0.29, 0.717) is 17.7 Å². The molecule has 0 aliphatic carbocycles. The second kappa shape index (κ2) is 12.8. The maximum Gasteiger partial charge on any atom is 0.419 e. The molecule has 13 heteroatoms. The Hall–Kier alpha value is -4.91. The summed E-state index contributed by atoms with van der Waals surface area (Å²) in [4.78, 5) is 28.6. The maximum absolute atomic E-state index is 14.0. The van der Waals surface area contributed by atoms with E-state index >= 15 is 0 Å². The molecule has 4 aromatic rings. The minimum absolute atomic E-state index is 0.0162. The van der Waals surface area contributed by atoms with Crippen LogP contribution in [0.4, 0.5) is 35.5 Å². The van der Waals surface area contributed by atoms with Crippen LogP contribution in [-0.2, 0) is 38.6 Å². The highest BCUT2D eigenvalue weighted by Gasteiger charge is 2.60. The van der Waals surface area contributed by atoms with Crippen molar-refractivity contribution in [3.05, 3.63) is 137 Å². The number of benzene rings is 4. The zero-order valence-electron chi connectivity index (χ0n) is 23.6. The summed E-state index contributed by atoms with van der Waals surface area (Å²) >= 11 is 0. The Morgan fingerprint density at radius 2 is 1.37 bits per heavy atom. The zero-order chi connectivity index (χ0) is 33.1. The Bertz CT molecular complexity index is 1650. The molecule has 1 saturated heterocycles. The van der Waals surface area contributed by atoms with Crippen LogP contribution in [0.3, 0.4) is 0 Å². The van der Waals surface area contributed by atoms with Crippen molar-refractivity contribution in [2.24, 2.45) is 0 Å². The molecule has 2 atom stereocenters. The van der Waals surface area contributed by atoms with Crippen LogP contribution in [-0.4, -0.2) is 30.2 Å². The van der Waals surface area contributed by atoms with Crippen LogP contribution >= 0.6 is 0 Å².